The van der Waals surface area contributed by atoms with E-state index in [9.17, 15) is 4.55 Å². The van der Waals surface area contributed by atoms with Crippen LogP contribution >= 0.6 is 0 Å². The first-order valence-electron chi connectivity index (χ1n) is 9.96. The van der Waals surface area contributed by atoms with Gasteiger partial charge in [-0.25, -0.2) is 0 Å². The Morgan fingerprint density at radius 2 is 1.97 bits per heavy atom. The van der Waals surface area contributed by atoms with E-state index >= 15 is 0 Å². The summed E-state index contributed by atoms with van der Waals surface area (Å²) in [7, 11) is 1.61. The monoisotopic (exact) mass is 438 g/mol. The molecule has 7 nitrogen and oxygen atoms in total. The minimum absolute atomic E-state index is 0. The number of ether oxygens (including phenoxy) is 2. The van der Waals surface area contributed by atoms with Crippen LogP contribution in [-0.2, 0) is 16.9 Å². The van der Waals surface area contributed by atoms with Crippen molar-refractivity contribution in [1.82, 2.24) is 19.9 Å². The van der Waals surface area contributed by atoms with Gasteiger partial charge in [0.05, 0.1) is 12.8 Å². The molecule has 3 aromatic rings. The van der Waals surface area contributed by atoms with Crippen molar-refractivity contribution in [3.05, 3.63) is 35.2 Å². The molecule has 1 atom stereocenters. The van der Waals surface area contributed by atoms with E-state index in [4.69, 9.17) is 9.47 Å². The van der Waals surface area contributed by atoms with Crippen LogP contribution in [0.3, 0.4) is 0 Å². The van der Waals surface area contributed by atoms with Gasteiger partial charge in [-0.3, -0.25) is 9.97 Å². The van der Waals surface area contributed by atoms with E-state index < -0.39 is 11.2 Å². The second-order valence-electron chi connectivity index (χ2n) is 7.47. The topological polar surface area (TPSA) is 96.0 Å². The fraction of sp³-hybridized carbons (Fsp3) is 0.476. The normalized spacial score (nSPS) is 15.6. The van der Waals surface area contributed by atoms with Crippen LogP contribution in [0.4, 0.5) is 0 Å². The van der Waals surface area contributed by atoms with Gasteiger partial charge in [-0.05, 0) is 51.7 Å². The number of aromatic amines is 1. The molecular formula is C21H27N4NaO3S. The maximum atomic E-state index is 12.9. The molecule has 9 heteroatoms. The summed E-state index contributed by atoms with van der Waals surface area (Å²) in [6, 6.07) is 3.73. The molecule has 3 heterocycles. The Balaban J connectivity index is 0.00000256. The Kier molecular flexibility index (Phi) is 8.04. The Hall–Kier alpha value is -1.32. The molecule has 1 aliphatic rings. The molecule has 0 saturated heterocycles. The standard InChI is InChI=1S/C21H26N4O3S.Na.H/c1-13-11-16-19(24-20(13)28-15-7-5-4-6-8-15)25-21(23-16)29(26)12-17-14(2)18(27-3)9-10-22-17;;/h9-11,15H,4-8,12H2,1-3H3,(H,23,24,25);;. The van der Waals surface area contributed by atoms with Gasteiger partial charge >= 0.3 is 34.7 Å². The summed E-state index contributed by atoms with van der Waals surface area (Å²) in [5, 5.41) is 0.394. The fourth-order valence-corrected chi connectivity index (χ4v) is 4.77. The molecule has 0 bridgehead atoms. The van der Waals surface area contributed by atoms with Crippen molar-refractivity contribution in [2.45, 2.75) is 63.0 Å². The molecule has 1 aliphatic carbocycles. The summed E-state index contributed by atoms with van der Waals surface area (Å²) in [5.41, 5.74) is 3.85. The van der Waals surface area contributed by atoms with E-state index in [1.165, 1.54) is 19.3 Å². The van der Waals surface area contributed by atoms with Gasteiger partial charge in [0.2, 0.25) is 5.88 Å². The molecule has 30 heavy (non-hydrogen) atoms. The number of hydrogen-bond acceptors (Lipinski definition) is 6. The van der Waals surface area contributed by atoms with Crippen molar-refractivity contribution >= 4 is 51.9 Å². The number of hydrogen-bond donors (Lipinski definition) is 1. The van der Waals surface area contributed by atoms with Gasteiger partial charge < -0.3 is 14.0 Å². The maximum absolute atomic E-state index is 12.9. The molecule has 1 fully saturated rings. The van der Waals surface area contributed by atoms with Crippen LogP contribution in [0.25, 0.3) is 11.2 Å². The zero-order chi connectivity index (χ0) is 20.4. The van der Waals surface area contributed by atoms with Gasteiger partial charge in [0.1, 0.15) is 17.4 Å². The van der Waals surface area contributed by atoms with Crippen molar-refractivity contribution in [1.29, 1.82) is 0 Å². The molecule has 0 amide bonds. The molecular weight excluding hydrogens is 411 g/mol. The predicted octanol–water partition coefficient (Wildman–Crippen LogP) is 3.35. The molecule has 1 N–H and O–H groups in total. The van der Waals surface area contributed by atoms with Crippen LogP contribution in [0, 0.1) is 13.8 Å². The van der Waals surface area contributed by atoms with E-state index in [2.05, 4.69) is 19.9 Å². The minimum atomic E-state index is -1.37. The van der Waals surface area contributed by atoms with Crippen LogP contribution in [-0.4, -0.2) is 67.3 Å². The molecule has 1 saturated carbocycles. The third kappa shape index (κ3) is 5.11. The Bertz CT molecular complexity index is 1010. The molecule has 156 valence electrons. The SMILES string of the molecule is COc1ccnc(C[S+]([O-])c2nc3cc(C)c(OC4CCCCC4)nc3[nH]2)c1C.[NaH]. The number of rotatable bonds is 6. The van der Waals surface area contributed by atoms with Crippen molar-refractivity contribution in [3.8, 4) is 11.6 Å². The van der Waals surface area contributed by atoms with Crippen LogP contribution in [0.15, 0.2) is 23.5 Å². The second-order valence-corrected chi connectivity index (χ2v) is 8.84. The zero-order valence-corrected chi connectivity index (χ0v) is 17.8. The van der Waals surface area contributed by atoms with E-state index in [1.807, 2.05) is 19.9 Å². The number of nitrogens with one attached hydrogen (secondary N) is 1. The van der Waals surface area contributed by atoms with Crippen LogP contribution in [0.5, 0.6) is 11.6 Å². The summed E-state index contributed by atoms with van der Waals surface area (Å²) in [5.74, 6) is 1.63. The number of aryl methyl sites for hydroxylation is 1. The van der Waals surface area contributed by atoms with Gasteiger partial charge in [-0.1, -0.05) is 6.42 Å². The number of aromatic nitrogens is 4. The first kappa shape index (κ1) is 23.3. The van der Waals surface area contributed by atoms with Gasteiger partial charge in [0, 0.05) is 28.5 Å². The summed E-state index contributed by atoms with van der Waals surface area (Å²) in [4.78, 5) is 16.6. The van der Waals surface area contributed by atoms with Crippen molar-refractivity contribution < 1.29 is 14.0 Å². The Morgan fingerprint density at radius 1 is 1.20 bits per heavy atom. The zero-order valence-electron chi connectivity index (χ0n) is 17.0. The first-order valence-corrected chi connectivity index (χ1v) is 11.3. The Labute approximate surface area is 201 Å². The number of methoxy groups -OCH3 is 1. The molecule has 3 aromatic heterocycles. The number of H-pyrrole nitrogens is 1. The summed E-state index contributed by atoms with van der Waals surface area (Å²) in [6.45, 7) is 3.89. The fourth-order valence-electron chi connectivity index (χ4n) is 3.68. The number of nitrogens with zero attached hydrogens (tertiary/aromatic N) is 3. The third-order valence-corrected chi connectivity index (χ3v) is 6.55. The van der Waals surface area contributed by atoms with Crippen molar-refractivity contribution in [3.63, 3.8) is 0 Å². The molecule has 4 rings (SSSR count). The Morgan fingerprint density at radius 3 is 2.70 bits per heavy atom. The number of fused-ring (bicyclic) bond motifs is 1. The average Bonchev–Trinajstić information content (AvgIpc) is 3.13. The summed E-state index contributed by atoms with van der Waals surface area (Å²) in [6.07, 6.45) is 7.73. The van der Waals surface area contributed by atoms with Crippen molar-refractivity contribution in [2.75, 3.05) is 7.11 Å². The molecule has 0 aromatic carbocycles. The molecule has 1 unspecified atom stereocenters. The van der Waals surface area contributed by atoms with Crippen LogP contribution in [0.1, 0.15) is 48.9 Å². The van der Waals surface area contributed by atoms with Gasteiger partial charge in [-0.15, -0.1) is 0 Å². The van der Waals surface area contributed by atoms with E-state index in [0.717, 1.165) is 35.4 Å². The van der Waals surface area contributed by atoms with Crippen LogP contribution in [0.2, 0.25) is 0 Å². The second kappa shape index (κ2) is 10.3. The van der Waals surface area contributed by atoms with Gasteiger partial charge in [0.15, 0.2) is 11.4 Å². The van der Waals surface area contributed by atoms with Crippen LogP contribution < -0.4 is 9.47 Å². The van der Waals surface area contributed by atoms with Crippen molar-refractivity contribution in [2.24, 2.45) is 0 Å². The third-order valence-electron chi connectivity index (χ3n) is 5.39. The molecule has 0 aliphatic heterocycles. The van der Waals surface area contributed by atoms with E-state index in [1.54, 1.807) is 19.4 Å². The number of pyridine rings is 2. The average molecular weight is 439 g/mol. The van der Waals surface area contributed by atoms with E-state index in [-0.39, 0.29) is 41.4 Å². The number of imidazole rings is 1. The summed E-state index contributed by atoms with van der Waals surface area (Å²) < 4.78 is 24.4. The summed E-state index contributed by atoms with van der Waals surface area (Å²) >= 11 is -1.37. The first-order chi connectivity index (χ1) is 14.0. The molecule has 0 spiro atoms. The quantitative estimate of drug-likeness (QED) is 0.468. The molecule has 0 radical (unpaired) electrons. The van der Waals surface area contributed by atoms with Gasteiger partial charge in [-0.2, -0.15) is 9.97 Å². The predicted molar refractivity (Wildman–Crippen MR) is 119 cm³/mol. The van der Waals surface area contributed by atoms with Gasteiger partial charge in [0.25, 0.3) is 0 Å². The van der Waals surface area contributed by atoms with E-state index in [0.29, 0.717) is 22.2 Å².